The highest BCUT2D eigenvalue weighted by molar-refractivity contribution is 5.43. The second-order valence-electron chi connectivity index (χ2n) is 4.26. The summed E-state index contributed by atoms with van der Waals surface area (Å²) in [6.07, 6.45) is 0.239. The molecule has 1 fully saturated rings. The lowest BCUT2D eigenvalue weighted by Crippen LogP contribution is -2.51. The number of hydrogen-bond acceptors (Lipinski definition) is 5. The van der Waals surface area contributed by atoms with E-state index in [1.165, 1.54) is 0 Å². The Labute approximate surface area is 101 Å². The van der Waals surface area contributed by atoms with Crippen molar-refractivity contribution in [1.29, 1.82) is 0 Å². The van der Waals surface area contributed by atoms with Crippen LogP contribution in [0.2, 0.25) is 0 Å². The second kappa shape index (κ2) is 5.35. The molecule has 5 nitrogen and oxygen atoms in total. The van der Waals surface area contributed by atoms with Gasteiger partial charge in [0.1, 0.15) is 6.10 Å². The van der Waals surface area contributed by atoms with E-state index in [2.05, 4.69) is 16.8 Å². The van der Waals surface area contributed by atoms with E-state index in [1.54, 1.807) is 7.11 Å². The van der Waals surface area contributed by atoms with E-state index in [1.807, 2.05) is 18.2 Å². The van der Waals surface area contributed by atoms with Crippen LogP contribution >= 0.6 is 0 Å². The van der Waals surface area contributed by atoms with Gasteiger partial charge in [0, 0.05) is 13.1 Å². The van der Waals surface area contributed by atoms with E-state index in [-0.39, 0.29) is 6.10 Å². The van der Waals surface area contributed by atoms with E-state index < -0.39 is 0 Å². The lowest BCUT2D eigenvalue weighted by atomic mass is 10.1. The van der Waals surface area contributed by atoms with Crippen LogP contribution in [0.3, 0.4) is 0 Å². The summed E-state index contributed by atoms with van der Waals surface area (Å²) in [5, 5.41) is 0. The van der Waals surface area contributed by atoms with Crippen LogP contribution in [0.4, 0.5) is 0 Å². The van der Waals surface area contributed by atoms with Crippen LogP contribution in [0.1, 0.15) is 5.56 Å². The third kappa shape index (κ3) is 2.88. The van der Waals surface area contributed by atoms with Gasteiger partial charge in [0.2, 0.25) is 0 Å². The Morgan fingerprint density at radius 2 is 2.12 bits per heavy atom. The molecule has 0 atom stereocenters. The van der Waals surface area contributed by atoms with Gasteiger partial charge in [-0.2, -0.15) is 0 Å². The number of methoxy groups -OCH3 is 1. The van der Waals surface area contributed by atoms with Gasteiger partial charge in [-0.3, -0.25) is 9.74 Å². The molecule has 1 saturated heterocycles. The summed E-state index contributed by atoms with van der Waals surface area (Å²) in [4.78, 5) is 6.81. The molecule has 0 aromatic heterocycles. The first-order chi connectivity index (χ1) is 8.22. The zero-order chi connectivity index (χ0) is 12.3. The first-order valence-electron chi connectivity index (χ1n) is 5.56. The van der Waals surface area contributed by atoms with Crippen LogP contribution in [0.15, 0.2) is 18.2 Å². The molecule has 1 aromatic rings. The van der Waals surface area contributed by atoms with Crippen molar-refractivity contribution in [2.45, 2.75) is 12.7 Å². The normalized spacial score (nSPS) is 16.6. The molecule has 0 radical (unpaired) electrons. The zero-order valence-corrected chi connectivity index (χ0v) is 10.2. The Kier molecular flexibility index (Phi) is 3.83. The van der Waals surface area contributed by atoms with E-state index in [0.29, 0.717) is 6.61 Å². The van der Waals surface area contributed by atoms with Gasteiger partial charge in [0.25, 0.3) is 0 Å². The lowest BCUT2D eigenvalue weighted by Gasteiger charge is -2.36. The number of nitrogens with two attached hydrogens (primary N) is 1. The van der Waals surface area contributed by atoms with E-state index in [0.717, 1.165) is 30.2 Å². The van der Waals surface area contributed by atoms with Gasteiger partial charge in [-0.1, -0.05) is 6.07 Å². The van der Waals surface area contributed by atoms with Gasteiger partial charge < -0.3 is 9.47 Å². The molecule has 0 saturated carbocycles. The quantitative estimate of drug-likeness (QED) is 0.768. The van der Waals surface area contributed by atoms with Crippen molar-refractivity contribution in [1.82, 2.24) is 4.90 Å². The number of benzene rings is 1. The third-order valence-electron chi connectivity index (χ3n) is 2.80. The van der Waals surface area contributed by atoms with Crippen LogP contribution in [0.5, 0.6) is 11.5 Å². The molecule has 1 aliphatic heterocycles. The van der Waals surface area contributed by atoms with Gasteiger partial charge in [-0.15, -0.1) is 0 Å². The molecule has 1 aliphatic rings. The van der Waals surface area contributed by atoms with Crippen LogP contribution in [0.25, 0.3) is 0 Å². The predicted molar refractivity (Wildman–Crippen MR) is 63.9 cm³/mol. The SMILES string of the molecule is COc1ccc(CON)cc1OC1CN(C)C1. The summed E-state index contributed by atoms with van der Waals surface area (Å²) in [6.45, 7) is 2.26. The molecule has 2 N–H and O–H groups in total. The van der Waals surface area contributed by atoms with Crippen LogP contribution in [-0.2, 0) is 11.4 Å². The van der Waals surface area contributed by atoms with Gasteiger partial charge in [0.05, 0.1) is 13.7 Å². The molecular weight excluding hydrogens is 220 g/mol. The number of ether oxygens (including phenoxy) is 2. The largest absolute Gasteiger partial charge is 0.493 e. The van der Waals surface area contributed by atoms with E-state index in [4.69, 9.17) is 15.4 Å². The molecule has 17 heavy (non-hydrogen) atoms. The maximum absolute atomic E-state index is 5.87. The molecule has 0 aliphatic carbocycles. The minimum absolute atomic E-state index is 0.239. The number of nitrogens with zero attached hydrogens (tertiary/aromatic N) is 1. The fourth-order valence-corrected chi connectivity index (χ4v) is 1.90. The summed E-state index contributed by atoms with van der Waals surface area (Å²) in [7, 11) is 3.70. The smallest absolute Gasteiger partial charge is 0.162 e. The monoisotopic (exact) mass is 238 g/mol. The molecule has 94 valence electrons. The fraction of sp³-hybridized carbons (Fsp3) is 0.500. The van der Waals surface area contributed by atoms with Crippen molar-refractivity contribution in [3.8, 4) is 11.5 Å². The Morgan fingerprint density at radius 1 is 1.35 bits per heavy atom. The molecule has 1 aromatic carbocycles. The molecule has 1 heterocycles. The fourth-order valence-electron chi connectivity index (χ4n) is 1.90. The highest BCUT2D eigenvalue weighted by atomic mass is 16.6. The first kappa shape index (κ1) is 12.2. The van der Waals surface area contributed by atoms with Gasteiger partial charge in [-0.25, -0.2) is 5.90 Å². The predicted octanol–water partition coefficient (Wildman–Crippen LogP) is 0.778. The standard InChI is InChI=1S/C12H18N2O3/c1-14-6-10(7-14)17-12-5-9(8-16-13)3-4-11(12)15-2/h3-5,10H,6-8,13H2,1-2H3. The number of hydrogen-bond donors (Lipinski definition) is 1. The average molecular weight is 238 g/mol. The molecule has 0 amide bonds. The molecule has 5 heteroatoms. The first-order valence-corrected chi connectivity index (χ1v) is 5.56. The van der Waals surface area contributed by atoms with Crippen molar-refractivity contribution >= 4 is 0 Å². The molecule has 0 unspecified atom stereocenters. The second-order valence-corrected chi connectivity index (χ2v) is 4.26. The highest BCUT2D eigenvalue weighted by Gasteiger charge is 2.25. The third-order valence-corrected chi connectivity index (χ3v) is 2.80. The maximum Gasteiger partial charge on any atom is 0.162 e. The molecule has 0 bridgehead atoms. The van der Waals surface area contributed by atoms with Crippen LogP contribution in [-0.4, -0.2) is 38.3 Å². The number of likely N-dealkylation sites (tertiary alicyclic amines) is 1. The Hall–Kier alpha value is -1.30. The topological polar surface area (TPSA) is 57.0 Å². The minimum atomic E-state index is 0.239. The van der Waals surface area contributed by atoms with Crippen molar-refractivity contribution < 1.29 is 14.3 Å². The summed E-state index contributed by atoms with van der Waals surface area (Å²) >= 11 is 0. The van der Waals surface area contributed by atoms with Gasteiger partial charge in [0.15, 0.2) is 11.5 Å². The molecule has 2 rings (SSSR count). The Bertz CT molecular complexity index is 378. The summed E-state index contributed by atoms with van der Waals surface area (Å²) in [6, 6.07) is 5.68. The van der Waals surface area contributed by atoms with Gasteiger partial charge in [-0.05, 0) is 24.7 Å². The summed E-state index contributed by atoms with van der Waals surface area (Å²) in [5.41, 5.74) is 0.968. The summed E-state index contributed by atoms with van der Waals surface area (Å²) < 4.78 is 11.1. The van der Waals surface area contributed by atoms with E-state index >= 15 is 0 Å². The van der Waals surface area contributed by atoms with Crippen LogP contribution in [0, 0.1) is 0 Å². The Balaban J connectivity index is 2.08. The Morgan fingerprint density at radius 3 is 2.71 bits per heavy atom. The van der Waals surface area contributed by atoms with Gasteiger partial charge >= 0.3 is 0 Å². The molecular formula is C12H18N2O3. The highest BCUT2D eigenvalue weighted by Crippen LogP contribution is 2.30. The number of likely N-dealkylation sites (N-methyl/N-ethyl adjacent to an activating group) is 1. The maximum atomic E-state index is 5.87. The van der Waals surface area contributed by atoms with Crippen molar-refractivity contribution in [2.24, 2.45) is 5.90 Å². The lowest BCUT2D eigenvalue weighted by molar-refractivity contribution is 0.0367. The zero-order valence-electron chi connectivity index (χ0n) is 10.2. The summed E-state index contributed by atoms with van der Waals surface area (Å²) in [5.74, 6) is 6.55. The van der Waals surface area contributed by atoms with E-state index in [9.17, 15) is 0 Å². The van der Waals surface area contributed by atoms with Crippen LogP contribution < -0.4 is 15.4 Å². The average Bonchev–Trinajstić information content (AvgIpc) is 2.28. The molecule has 0 spiro atoms. The minimum Gasteiger partial charge on any atom is -0.493 e. The van der Waals surface area contributed by atoms with Crippen molar-refractivity contribution in [2.75, 3.05) is 27.2 Å². The van der Waals surface area contributed by atoms with Crippen molar-refractivity contribution in [3.63, 3.8) is 0 Å². The number of rotatable bonds is 5. The van der Waals surface area contributed by atoms with Crippen molar-refractivity contribution in [3.05, 3.63) is 23.8 Å².